The maximum absolute atomic E-state index is 5.97. The molecule has 6 heteroatoms. The third-order valence-electron chi connectivity index (χ3n) is 5.70. The van der Waals surface area contributed by atoms with E-state index in [2.05, 4.69) is 22.5 Å². The van der Waals surface area contributed by atoms with E-state index in [1.54, 1.807) is 13.3 Å². The zero-order valence-electron chi connectivity index (χ0n) is 18.2. The van der Waals surface area contributed by atoms with Crippen molar-refractivity contribution in [1.29, 1.82) is 0 Å². The van der Waals surface area contributed by atoms with E-state index in [9.17, 15) is 0 Å². The molecule has 6 nitrogen and oxygen atoms in total. The van der Waals surface area contributed by atoms with Crippen molar-refractivity contribution in [3.8, 4) is 5.88 Å². The first kappa shape index (κ1) is 22.1. The van der Waals surface area contributed by atoms with E-state index < -0.39 is 0 Å². The van der Waals surface area contributed by atoms with E-state index in [0.29, 0.717) is 24.4 Å². The third kappa shape index (κ3) is 6.46. The highest BCUT2D eigenvalue weighted by molar-refractivity contribution is 5.79. The molecule has 0 amide bonds. The van der Waals surface area contributed by atoms with Crippen LogP contribution in [0.1, 0.15) is 43.7 Å². The van der Waals surface area contributed by atoms with Gasteiger partial charge in [-0.05, 0) is 43.2 Å². The number of aliphatic imine (C=N–C) groups is 1. The van der Waals surface area contributed by atoms with E-state index in [0.717, 1.165) is 43.2 Å². The fourth-order valence-electron chi connectivity index (χ4n) is 3.69. The molecule has 3 rings (SSSR count). The first-order valence-corrected chi connectivity index (χ1v) is 10.9. The number of benzene rings is 1. The molecule has 1 fully saturated rings. The molecular weight excluding hydrogens is 376 g/mol. The summed E-state index contributed by atoms with van der Waals surface area (Å²) in [6, 6.07) is 14.1. The van der Waals surface area contributed by atoms with Gasteiger partial charge in [0.1, 0.15) is 6.61 Å². The highest BCUT2D eigenvalue weighted by Crippen LogP contribution is 2.43. The molecule has 1 aromatic heterocycles. The molecule has 2 aromatic rings. The van der Waals surface area contributed by atoms with Gasteiger partial charge >= 0.3 is 0 Å². The van der Waals surface area contributed by atoms with Crippen LogP contribution >= 0.6 is 0 Å². The molecule has 0 radical (unpaired) electrons. The molecule has 0 bridgehead atoms. The fourth-order valence-corrected chi connectivity index (χ4v) is 3.69. The van der Waals surface area contributed by atoms with Gasteiger partial charge in [-0.2, -0.15) is 0 Å². The number of aromatic nitrogens is 1. The number of nitrogens with one attached hydrogen (secondary N) is 2. The molecule has 0 atom stereocenters. The van der Waals surface area contributed by atoms with E-state index in [4.69, 9.17) is 14.5 Å². The van der Waals surface area contributed by atoms with Crippen molar-refractivity contribution in [2.24, 2.45) is 10.4 Å². The Hall–Kier alpha value is -2.60. The molecule has 1 saturated carbocycles. The number of guanidine groups is 1. The van der Waals surface area contributed by atoms with E-state index >= 15 is 0 Å². The number of rotatable bonds is 11. The first-order valence-electron chi connectivity index (χ1n) is 10.9. The average Bonchev–Trinajstić information content (AvgIpc) is 2.76. The fraction of sp³-hybridized carbons (Fsp3) is 0.500. The number of pyridine rings is 1. The van der Waals surface area contributed by atoms with Crippen LogP contribution in [0, 0.1) is 5.41 Å². The SMILES string of the molecule is CCNC(=NCc1cccnc1OCc1ccccc1)NCC1(CCOC)CCC1. The predicted molar refractivity (Wildman–Crippen MR) is 121 cm³/mol. The second kappa shape index (κ2) is 11.6. The van der Waals surface area contributed by atoms with Crippen LogP contribution in [0.25, 0.3) is 0 Å². The Morgan fingerprint density at radius 1 is 1.13 bits per heavy atom. The van der Waals surface area contributed by atoms with E-state index in [-0.39, 0.29) is 0 Å². The van der Waals surface area contributed by atoms with Crippen LogP contribution in [-0.2, 0) is 17.9 Å². The molecule has 0 unspecified atom stereocenters. The summed E-state index contributed by atoms with van der Waals surface area (Å²) in [6.45, 7) is 5.65. The van der Waals surface area contributed by atoms with Gasteiger partial charge in [0, 0.05) is 38.6 Å². The number of hydrogen-bond acceptors (Lipinski definition) is 4. The molecule has 30 heavy (non-hydrogen) atoms. The van der Waals surface area contributed by atoms with Crippen molar-refractivity contribution >= 4 is 5.96 Å². The second-order valence-electron chi connectivity index (χ2n) is 7.89. The first-order chi connectivity index (χ1) is 14.7. The summed E-state index contributed by atoms with van der Waals surface area (Å²) >= 11 is 0. The average molecular weight is 411 g/mol. The summed E-state index contributed by atoms with van der Waals surface area (Å²) < 4.78 is 11.3. The van der Waals surface area contributed by atoms with Gasteiger partial charge < -0.3 is 20.1 Å². The van der Waals surface area contributed by atoms with Crippen LogP contribution in [0.15, 0.2) is 53.7 Å². The quantitative estimate of drug-likeness (QED) is 0.434. The topological polar surface area (TPSA) is 67.8 Å². The largest absolute Gasteiger partial charge is 0.473 e. The Bertz CT molecular complexity index is 791. The van der Waals surface area contributed by atoms with Crippen molar-refractivity contribution in [3.63, 3.8) is 0 Å². The molecule has 0 saturated heterocycles. The Kier molecular flexibility index (Phi) is 8.51. The van der Waals surface area contributed by atoms with Crippen LogP contribution in [0.5, 0.6) is 5.88 Å². The summed E-state index contributed by atoms with van der Waals surface area (Å²) in [5, 5.41) is 6.90. The van der Waals surface area contributed by atoms with Crippen molar-refractivity contribution in [3.05, 3.63) is 59.8 Å². The number of methoxy groups -OCH3 is 1. The summed E-state index contributed by atoms with van der Waals surface area (Å²) in [7, 11) is 1.77. The highest BCUT2D eigenvalue weighted by atomic mass is 16.5. The number of hydrogen-bond donors (Lipinski definition) is 2. The Balaban J connectivity index is 1.60. The standard InChI is InChI=1S/C24H34N4O2/c1-3-25-23(28-19-24(12-8-13-24)14-16-29-2)27-17-21-11-7-15-26-22(21)30-18-20-9-5-4-6-10-20/h4-7,9-11,15H,3,8,12-14,16-19H2,1-2H3,(H2,25,27,28). The minimum absolute atomic E-state index is 0.338. The minimum Gasteiger partial charge on any atom is -0.473 e. The van der Waals surface area contributed by atoms with Crippen LogP contribution in [0.2, 0.25) is 0 Å². The van der Waals surface area contributed by atoms with Crippen LogP contribution in [0.3, 0.4) is 0 Å². The summed E-state index contributed by atoms with van der Waals surface area (Å²) in [5.41, 5.74) is 2.43. The van der Waals surface area contributed by atoms with Gasteiger partial charge in [0.15, 0.2) is 5.96 Å². The molecule has 1 aliphatic carbocycles. The van der Waals surface area contributed by atoms with Crippen molar-refractivity contribution < 1.29 is 9.47 Å². The second-order valence-corrected chi connectivity index (χ2v) is 7.89. The molecule has 1 aliphatic rings. The monoisotopic (exact) mass is 410 g/mol. The van der Waals surface area contributed by atoms with Gasteiger partial charge in [-0.3, -0.25) is 0 Å². The molecular formula is C24H34N4O2. The van der Waals surface area contributed by atoms with E-state index in [1.807, 2.05) is 42.5 Å². The maximum Gasteiger partial charge on any atom is 0.218 e. The Morgan fingerprint density at radius 3 is 2.67 bits per heavy atom. The molecule has 0 spiro atoms. The molecule has 1 heterocycles. The lowest BCUT2D eigenvalue weighted by atomic mass is 9.67. The van der Waals surface area contributed by atoms with Crippen molar-refractivity contribution in [2.75, 3.05) is 26.8 Å². The predicted octanol–water partition coefficient (Wildman–Crippen LogP) is 3.92. The van der Waals surface area contributed by atoms with Crippen molar-refractivity contribution in [2.45, 2.75) is 45.8 Å². The van der Waals surface area contributed by atoms with E-state index in [1.165, 1.54) is 19.3 Å². The van der Waals surface area contributed by atoms with Gasteiger partial charge in [-0.1, -0.05) is 42.8 Å². The summed E-state index contributed by atoms with van der Waals surface area (Å²) in [6.07, 6.45) is 6.66. The third-order valence-corrected chi connectivity index (χ3v) is 5.70. The normalized spacial score (nSPS) is 15.3. The molecule has 2 N–H and O–H groups in total. The van der Waals surface area contributed by atoms with Crippen LogP contribution in [-0.4, -0.2) is 37.7 Å². The lowest BCUT2D eigenvalue weighted by Gasteiger charge is -2.42. The van der Waals surface area contributed by atoms with Gasteiger partial charge in [0.25, 0.3) is 0 Å². The minimum atomic E-state index is 0.338. The smallest absolute Gasteiger partial charge is 0.218 e. The van der Waals surface area contributed by atoms with Crippen LogP contribution < -0.4 is 15.4 Å². The summed E-state index contributed by atoms with van der Waals surface area (Å²) in [4.78, 5) is 9.20. The van der Waals surface area contributed by atoms with Gasteiger partial charge in [-0.25, -0.2) is 9.98 Å². The Labute approximate surface area is 180 Å². The number of ether oxygens (including phenoxy) is 2. The summed E-state index contributed by atoms with van der Waals surface area (Å²) in [5.74, 6) is 1.47. The lowest BCUT2D eigenvalue weighted by Crippen LogP contribution is -2.47. The van der Waals surface area contributed by atoms with Gasteiger partial charge in [-0.15, -0.1) is 0 Å². The molecule has 0 aliphatic heterocycles. The van der Waals surface area contributed by atoms with Gasteiger partial charge in [0.2, 0.25) is 5.88 Å². The Morgan fingerprint density at radius 2 is 1.97 bits per heavy atom. The zero-order chi connectivity index (χ0) is 21.1. The lowest BCUT2D eigenvalue weighted by molar-refractivity contribution is 0.0732. The van der Waals surface area contributed by atoms with Crippen LogP contribution in [0.4, 0.5) is 0 Å². The maximum atomic E-state index is 5.97. The molecule has 1 aromatic carbocycles. The molecule has 162 valence electrons. The van der Waals surface area contributed by atoms with Gasteiger partial charge in [0.05, 0.1) is 6.54 Å². The number of nitrogens with zero attached hydrogens (tertiary/aromatic N) is 2. The highest BCUT2D eigenvalue weighted by Gasteiger charge is 2.36. The zero-order valence-corrected chi connectivity index (χ0v) is 18.2. The van der Waals surface area contributed by atoms with Crippen molar-refractivity contribution in [1.82, 2.24) is 15.6 Å².